The minimum absolute atomic E-state index is 0.0780. The number of carbonyl (C=O) groups is 1. The van der Waals surface area contributed by atoms with E-state index in [0.29, 0.717) is 16.5 Å². The van der Waals surface area contributed by atoms with E-state index in [4.69, 9.17) is 10.5 Å². The van der Waals surface area contributed by atoms with E-state index in [1.54, 1.807) is 0 Å². The minimum atomic E-state index is -0.0780. The van der Waals surface area contributed by atoms with Gasteiger partial charge >= 0.3 is 0 Å². The van der Waals surface area contributed by atoms with Crippen molar-refractivity contribution in [2.75, 3.05) is 18.9 Å². The lowest BCUT2D eigenvalue weighted by atomic mass is 10.0. The summed E-state index contributed by atoms with van der Waals surface area (Å²) < 4.78 is 6.44. The molecule has 2 heterocycles. The molecule has 0 bridgehead atoms. The Morgan fingerprint density at radius 2 is 2.33 bits per heavy atom. The van der Waals surface area contributed by atoms with E-state index in [1.807, 2.05) is 26.0 Å². The SMILES string of the molecule is Cc1ccc2c(N)c(C(=O)NC(C)C3CCOC3)sc2c1. The molecule has 0 spiro atoms. The maximum atomic E-state index is 12.5. The van der Waals surface area contributed by atoms with Gasteiger partial charge < -0.3 is 15.8 Å². The summed E-state index contributed by atoms with van der Waals surface area (Å²) in [5.41, 5.74) is 7.90. The fourth-order valence-electron chi connectivity index (χ4n) is 2.73. The Morgan fingerprint density at radius 1 is 1.52 bits per heavy atom. The Hall–Kier alpha value is -1.59. The Bertz CT molecular complexity index is 674. The van der Waals surface area contributed by atoms with Crippen molar-refractivity contribution in [1.82, 2.24) is 5.32 Å². The molecular formula is C16H20N2O2S. The van der Waals surface area contributed by atoms with E-state index in [9.17, 15) is 4.79 Å². The number of rotatable bonds is 3. The zero-order chi connectivity index (χ0) is 15.0. The molecule has 0 saturated carbocycles. The summed E-state index contributed by atoms with van der Waals surface area (Å²) in [6, 6.07) is 6.18. The predicted molar refractivity (Wildman–Crippen MR) is 86.8 cm³/mol. The van der Waals surface area contributed by atoms with Crippen LogP contribution in [0.15, 0.2) is 18.2 Å². The molecular weight excluding hydrogens is 284 g/mol. The number of hydrogen-bond donors (Lipinski definition) is 2. The van der Waals surface area contributed by atoms with Crippen molar-refractivity contribution in [3.63, 3.8) is 0 Å². The summed E-state index contributed by atoms with van der Waals surface area (Å²) in [6.45, 7) is 5.58. The molecule has 2 atom stereocenters. The molecule has 1 fully saturated rings. The Balaban J connectivity index is 1.82. The second-order valence-corrected chi connectivity index (χ2v) is 6.78. The summed E-state index contributed by atoms with van der Waals surface area (Å²) in [6.07, 6.45) is 1.00. The number of nitrogens with one attached hydrogen (secondary N) is 1. The van der Waals surface area contributed by atoms with E-state index in [0.717, 1.165) is 29.7 Å². The zero-order valence-electron chi connectivity index (χ0n) is 12.3. The van der Waals surface area contributed by atoms with Gasteiger partial charge in [-0.2, -0.15) is 0 Å². The zero-order valence-corrected chi connectivity index (χ0v) is 13.1. The Labute approximate surface area is 128 Å². The van der Waals surface area contributed by atoms with E-state index in [-0.39, 0.29) is 11.9 Å². The number of benzene rings is 1. The van der Waals surface area contributed by atoms with Crippen LogP contribution in [0.1, 0.15) is 28.6 Å². The van der Waals surface area contributed by atoms with Gasteiger partial charge in [0.15, 0.2) is 0 Å². The van der Waals surface area contributed by atoms with Crippen LogP contribution in [0.5, 0.6) is 0 Å². The number of aryl methyl sites for hydroxylation is 1. The number of thiophene rings is 1. The molecule has 4 nitrogen and oxygen atoms in total. The first-order valence-corrected chi connectivity index (χ1v) is 8.05. The van der Waals surface area contributed by atoms with Crippen molar-refractivity contribution in [3.05, 3.63) is 28.6 Å². The number of fused-ring (bicyclic) bond motifs is 1. The number of anilines is 1. The molecule has 5 heteroatoms. The number of nitrogens with two attached hydrogens (primary N) is 1. The first-order chi connectivity index (χ1) is 10.1. The lowest BCUT2D eigenvalue weighted by Crippen LogP contribution is -2.38. The Morgan fingerprint density at radius 3 is 3.05 bits per heavy atom. The molecule has 3 N–H and O–H groups in total. The number of nitrogen functional groups attached to an aromatic ring is 1. The van der Waals surface area contributed by atoms with Crippen LogP contribution in [0, 0.1) is 12.8 Å². The van der Waals surface area contributed by atoms with Gasteiger partial charge in [-0.1, -0.05) is 12.1 Å². The van der Waals surface area contributed by atoms with Crippen molar-refractivity contribution in [1.29, 1.82) is 0 Å². The topological polar surface area (TPSA) is 64.4 Å². The third-order valence-corrected chi connectivity index (χ3v) is 5.29. The van der Waals surface area contributed by atoms with E-state index < -0.39 is 0 Å². The molecule has 112 valence electrons. The van der Waals surface area contributed by atoms with Crippen LogP contribution in [0.3, 0.4) is 0 Å². The molecule has 3 rings (SSSR count). The standard InChI is InChI=1S/C16H20N2O2S/c1-9-3-4-12-13(7-9)21-15(14(12)17)16(19)18-10(2)11-5-6-20-8-11/h3-4,7,10-11H,5-6,8,17H2,1-2H3,(H,18,19). The summed E-state index contributed by atoms with van der Waals surface area (Å²) in [7, 11) is 0. The van der Waals surface area contributed by atoms with E-state index in [1.165, 1.54) is 16.9 Å². The smallest absolute Gasteiger partial charge is 0.263 e. The third kappa shape index (κ3) is 2.76. The Kier molecular flexibility index (Phi) is 3.87. The molecule has 2 aromatic rings. The average molecular weight is 304 g/mol. The van der Waals surface area contributed by atoms with E-state index >= 15 is 0 Å². The molecule has 1 aliphatic heterocycles. The molecule has 0 aliphatic carbocycles. The van der Waals surface area contributed by atoms with Gasteiger partial charge in [-0.15, -0.1) is 11.3 Å². The van der Waals surface area contributed by atoms with Crippen LogP contribution in [-0.2, 0) is 4.74 Å². The summed E-state index contributed by atoms with van der Waals surface area (Å²) >= 11 is 1.46. The molecule has 2 unspecified atom stereocenters. The number of carbonyl (C=O) groups excluding carboxylic acids is 1. The second kappa shape index (κ2) is 5.66. The van der Waals surface area contributed by atoms with Gasteiger partial charge in [0.1, 0.15) is 4.88 Å². The van der Waals surface area contributed by atoms with Gasteiger partial charge in [0, 0.05) is 28.7 Å². The quantitative estimate of drug-likeness (QED) is 0.916. The van der Waals surface area contributed by atoms with Crippen molar-refractivity contribution < 1.29 is 9.53 Å². The number of hydrogen-bond acceptors (Lipinski definition) is 4. The van der Waals surface area contributed by atoms with Gasteiger partial charge in [-0.25, -0.2) is 0 Å². The molecule has 0 radical (unpaired) electrons. The van der Waals surface area contributed by atoms with Crippen molar-refractivity contribution in [3.8, 4) is 0 Å². The van der Waals surface area contributed by atoms with Crippen molar-refractivity contribution in [2.45, 2.75) is 26.3 Å². The van der Waals surface area contributed by atoms with Crippen molar-refractivity contribution in [2.24, 2.45) is 5.92 Å². The lowest BCUT2D eigenvalue weighted by molar-refractivity contribution is 0.0927. The van der Waals surface area contributed by atoms with Gasteiger partial charge in [-0.05, 0) is 31.9 Å². The van der Waals surface area contributed by atoms with Crippen LogP contribution >= 0.6 is 11.3 Å². The number of ether oxygens (including phenoxy) is 1. The monoisotopic (exact) mass is 304 g/mol. The summed E-state index contributed by atoms with van der Waals surface area (Å²) in [4.78, 5) is 13.1. The molecule has 1 saturated heterocycles. The van der Waals surface area contributed by atoms with Gasteiger partial charge in [0.2, 0.25) is 0 Å². The molecule has 1 aliphatic rings. The molecule has 1 aromatic heterocycles. The largest absolute Gasteiger partial charge is 0.397 e. The predicted octanol–water partition coefficient (Wildman–Crippen LogP) is 2.95. The summed E-state index contributed by atoms with van der Waals surface area (Å²) in [5, 5.41) is 4.03. The highest BCUT2D eigenvalue weighted by molar-refractivity contribution is 7.21. The van der Waals surface area contributed by atoms with Gasteiger partial charge in [-0.3, -0.25) is 4.79 Å². The normalized spacial score (nSPS) is 19.8. The van der Waals surface area contributed by atoms with Gasteiger partial charge in [0.05, 0.1) is 12.3 Å². The highest BCUT2D eigenvalue weighted by Gasteiger charge is 2.25. The highest BCUT2D eigenvalue weighted by atomic mass is 32.1. The third-order valence-electron chi connectivity index (χ3n) is 4.12. The van der Waals surface area contributed by atoms with Crippen LogP contribution in [0.2, 0.25) is 0 Å². The minimum Gasteiger partial charge on any atom is -0.397 e. The molecule has 1 amide bonds. The van der Waals surface area contributed by atoms with Crippen LogP contribution in [0.25, 0.3) is 10.1 Å². The fraction of sp³-hybridized carbons (Fsp3) is 0.438. The molecule has 1 aromatic carbocycles. The van der Waals surface area contributed by atoms with Crippen LogP contribution < -0.4 is 11.1 Å². The second-order valence-electron chi connectivity index (χ2n) is 5.73. The van der Waals surface area contributed by atoms with Crippen molar-refractivity contribution >= 4 is 33.0 Å². The van der Waals surface area contributed by atoms with E-state index in [2.05, 4.69) is 11.4 Å². The average Bonchev–Trinajstić information content (AvgIpc) is 3.07. The first kappa shape index (κ1) is 14.4. The fourth-order valence-corrected chi connectivity index (χ4v) is 3.85. The lowest BCUT2D eigenvalue weighted by Gasteiger charge is -2.18. The summed E-state index contributed by atoms with van der Waals surface area (Å²) in [5.74, 6) is 0.317. The van der Waals surface area contributed by atoms with Gasteiger partial charge in [0.25, 0.3) is 5.91 Å². The number of amides is 1. The van der Waals surface area contributed by atoms with Crippen LogP contribution in [-0.4, -0.2) is 25.2 Å². The maximum Gasteiger partial charge on any atom is 0.263 e. The first-order valence-electron chi connectivity index (χ1n) is 7.23. The molecule has 21 heavy (non-hydrogen) atoms. The maximum absolute atomic E-state index is 12.5. The van der Waals surface area contributed by atoms with Crippen LogP contribution in [0.4, 0.5) is 5.69 Å². The highest BCUT2D eigenvalue weighted by Crippen LogP contribution is 2.34.